The highest BCUT2D eigenvalue weighted by atomic mass is 33.1. The lowest BCUT2D eigenvalue weighted by atomic mass is 9.99. The van der Waals surface area contributed by atoms with E-state index in [1.807, 2.05) is 47.8 Å². The van der Waals surface area contributed by atoms with Gasteiger partial charge in [-0.3, -0.25) is 0 Å². The van der Waals surface area contributed by atoms with E-state index in [4.69, 9.17) is 18.9 Å². The summed E-state index contributed by atoms with van der Waals surface area (Å²) in [4.78, 5) is 15.2. The van der Waals surface area contributed by atoms with E-state index in [-0.39, 0.29) is 19.3 Å². The van der Waals surface area contributed by atoms with Crippen molar-refractivity contribution in [2.24, 2.45) is 0 Å². The van der Waals surface area contributed by atoms with Crippen molar-refractivity contribution in [1.82, 2.24) is 4.90 Å². The molecule has 4 N–H and O–H groups in total. The molecule has 0 spiro atoms. The number of carbonyl (C=O) groups excluding carboxylic acids is 1. The highest BCUT2D eigenvalue weighted by Crippen LogP contribution is 2.33. The van der Waals surface area contributed by atoms with E-state index in [2.05, 4.69) is 12.1 Å². The minimum Gasteiger partial charge on any atom is -0.484 e. The Kier molecular flexibility index (Phi) is 13.0. The van der Waals surface area contributed by atoms with Crippen molar-refractivity contribution in [3.63, 3.8) is 0 Å². The van der Waals surface area contributed by atoms with E-state index in [1.165, 1.54) is 21.6 Å². The number of hydrogen-bond donors (Lipinski definition) is 4. The van der Waals surface area contributed by atoms with E-state index in [9.17, 15) is 25.2 Å². The zero-order chi connectivity index (χ0) is 29.9. The van der Waals surface area contributed by atoms with Gasteiger partial charge in [-0.15, -0.1) is 11.3 Å². The summed E-state index contributed by atoms with van der Waals surface area (Å²) in [6, 6.07) is 18.1. The molecule has 230 valence electrons. The Morgan fingerprint density at radius 3 is 2.52 bits per heavy atom. The molecule has 1 aromatic heterocycles. The molecule has 2 heterocycles. The molecule has 0 aliphatic carbocycles. The maximum atomic E-state index is 12.6. The lowest BCUT2D eigenvalue weighted by Gasteiger charge is -2.39. The minimum absolute atomic E-state index is 0.205. The number of carbonyl (C=O) groups is 1. The van der Waals surface area contributed by atoms with Crippen LogP contribution in [0.5, 0.6) is 5.75 Å². The third-order valence-electron chi connectivity index (χ3n) is 6.69. The molecule has 0 saturated carbocycles. The van der Waals surface area contributed by atoms with Crippen LogP contribution < -0.4 is 4.74 Å². The Labute approximate surface area is 256 Å². The lowest BCUT2D eigenvalue weighted by molar-refractivity contribution is -0.299. The zero-order valence-electron chi connectivity index (χ0n) is 23.2. The van der Waals surface area contributed by atoms with E-state index in [0.29, 0.717) is 24.5 Å². The summed E-state index contributed by atoms with van der Waals surface area (Å²) in [7, 11) is 4.72. The largest absolute Gasteiger partial charge is 0.484 e. The van der Waals surface area contributed by atoms with E-state index in [1.54, 1.807) is 23.3 Å². The van der Waals surface area contributed by atoms with Crippen LogP contribution in [0, 0.1) is 0 Å². The number of nitrogens with zero attached hydrogens (tertiary/aromatic N) is 1. The average Bonchev–Trinajstić information content (AvgIpc) is 3.55. The molecule has 1 fully saturated rings. The van der Waals surface area contributed by atoms with Crippen LogP contribution in [0.15, 0.2) is 60.0 Å². The number of ether oxygens (including phenoxy) is 4. The second-order valence-corrected chi connectivity index (χ2v) is 13.3. The standard InChI is InChI=1S/C29H37NO9S3/c1-30(12-11-22(24-10-5-15-40-24)38-21-9-4-7-19-6-2-3-8-20(19)21)29(35)37-14-17-42-41-16-13-36-28-27(34)26(33)25(32)23(18-31)39-28/h2-10,15,22-23,25-28,31-34H,11-14,16-18H2,1H3/t22-,23+,25+,26-,27+,28+/m0/s1. The van der Waals surface area contributed by atoms with Crippen molar-refractivity contribution in [2.45, 2.75) is 43.2 Å². The van der Waals surface area contributed by atoms with Crippen molar-refractivity contribution in [3.8, 4) is 5.75 Å². The van der Waals surface area contributed by atoms with Crippen LogP contribution in [0.1, 0.15) is 17.4 Å². The van der Waals surface area contributed by atoms with Crippen LogP contribution >= 0.6 is 32.9 Å². The summed E-state index contributed by atoms with van der Waals surface area (Å²) < 4.78 is 22.7. The fourth-order valence-electron chi connectivity index (χ4n) is 4.38. The Bertz CT molecular complexity index is 1230. The zero-order valence-corrected chi connectivity index (χ0v) is 25.6. The highest BCUT2D eigenvalue weighted by Gasteiger charge is 2.43. The van der Waals surface area contributed by atoms with Crippen molar-refractivity contribution in [3.05, 3.63) is 64.9 Å². The molecule has 6 atom stereocenters. The smallest absolute Gasteiger partial charge is 0.409 e. The molecule has 1 amide bonds. The fraction of sp³-hybridized carbons (Fsp3) is 0.483. The van der Waals surface area contributed by atoms with Crippen molar-refractivity contribution < 1.29 is 44.2 Å². The van der Waals surface area contributed by atoms with Crippen LogP contribution in [0.4, 0.5) is 4.79 Å². The first-order valence-corrected chi connectivity index (χ1v) is 17.0. The Morgan fingerprint density at radius 2 is 1.76 bits per heavy atom. The lowest BCUT2D eigenvalue weighted by Crippen LogP contribution is -2.59. The van der Waals surface area contributed by atoms with Gasteiger partial charge in [-0.1, -0.05) is 64.1 Å². The molecule has 1 aliphatic heterocycles. The minimum atomic E-state index is -1.46. The molecule has 13 heteroatoms. The van der Waals surface area contributed by atoms with Gasteiger partial charge in [0.25, 0.3) is 0 Å². The Morgan fingerprint density at radius 1 is 1.00 bits per heavy atom. The monoisotopic (exact) mass is 639 g/mol. The number of aliphatic hydroxyl groups is 4. The van der Waals surface area contributed by atoms with Crippen LogP contribution in [0.3, 0.4) is 0 Å². The number of hydrogen-bond acceptors (Lipinski definition) is 12. The van der Waals surface area contributed by atoms with Gasteiger partial charge in [-0.25, -0.2) is 4.79 Å². The van der Waals surface area contributed by atoms with Gasteiger partial charge >= 0.3 is 6.09 Å². The third-order valence-corrected chi connectivity index (χ3v) is 9.99. The molecule has 0 radical (unpaired) electrons. The number of thiophene rings is 1. The van der Waals surface area contributed by atoms with Gasteiger partial charge in [-0.05, 0) is 22.9 Å². The first-order chi connectivity index (χ1) is 20.4. The van der Waals surface area contributed by atoms with Crippen LogP contribution in [-0.4, -0.2) is 107 Å². The first-order valence-electron chi connectivity index (χ1n) is 13.6. The van der Waals surface area contributed by atoms with Gasteiger partial charge in [0.05, 0.1) is 13.2 Å². The number of aliphatic hydroxyl groups excluding tert-OH is 4. The van der Waals surface area contributed by atoms with Crippen LogP contribution in [-0.2, 0) is 14.2 Å². The molecule has 1 saturated heterocycles. The Hall–Kier alpha value is -2.07. The van der Waals surface area contributed by atoms with Crippen molar-refractivity contribution >= 4 is 49.8 Å². The number of benzene rings is 2. The average molecular weight is 640 g/mol. The summed E-state index contributed by atoms with van der Waals surface area (Å²) in [5.41, 5.74) is 0. The third kappa shape index (κ3) is 8.97. The molecule has 2 aromatic carbocycles. The van der Waals surface area contributed by atoms with Gasteiger partial charge in [0, 0.05) is 41.8 Å². The number of fused-ring (bicyclic) bond motifs is 1. The number of amides is 1. The second-order valence-electron chi connectivity index (χ2n) is 9.64. The highest BCUT2D eigenvalue weighted by molar-refractivity contribution is 8.76. The van der Waals surface area contributed by atoms with E-state index >= 15 is 0 Å². The summed E-state index contributed by atoms with van der Waals surface area (Å²) in [6.07, 6.45) is -6.43. The van der Waals surface area contributed by atoms with Crippen molar-refractivity contribution in [1.29, 1.82) is 0 Å². The van der Waals surface area contributed by atoms with Gasteiger partial charge in [0.2, 0.25) is 0 Å². The molecular weight excluding hydrogens is 603 g/mol. The SMILES string of the molecule is CN(CC[C@H](Oc1cccc2ccccc12)c1cccs1)C(=O)OCCSSCCO[C@@H]1O[C@H](CO)[C@@H](O)[C@H](O)[C@H]1O. The molecule has 3 aromatic rings. The van der Waals surface area contributed by atoms with Crippen LogP contribution in [0.2, 0.25) is 0 Å². The summed E-state index contributed by atoms with van der Waals surface area (Å²) in [6.45, 7) is 0.422. The van der Waals surface area contributed by atoms with Crippen molar-refractivity contribution in [2.75, 3.05) is 44.9 Å². The molecule has 42 heavy (non-hydrogen) atoms. The Balaban J connectivity index is 1.13. The maximum Gasteiger partial charge on any atom is 0.409 e. The second kappa shape index (κ2) is 16.7. The molecule has 4 rings (SSSR count). The number of rotatable bonds is 15. The fourth-order valence-corrected chi connectivity index (χ4v) is 6.84. The molecule has 0 bridgehead atoms. The van der Waals surface area contributed by atoms with E-state index < -0.39 is 43.4 Å². The summed E-state index contributed by atoms with van der Waals surface area (Å²) in [5, 5.41) is 43.1. The van der Waals surface area contributed by atoms with Crippen LogP contribution in [0.25, 0.3) is 10.8 Å². The summed E-state index contributed by atoms with van der Waals surface area (Å²) in [5.74, 6) is 1.94. The normalized spacial score (nSPS) is 23.0. The van der Waals surface area contributed by atoms with Gasteiger partial charge in [0.1, 0.15) is 42.9 Å². The molecular formula is C29H37NO9S3. The topological polar surface area (TPSA) is 138 Å². The van der Waals surface area contributed by atoms with E-state index in [0.717, 1.165) is 21.4 Å². The van der Waals surface area contributed by atoms with Gasteiger partial charge < -0.3 is 44.3 Å². The molecule has 10 nitrogen and oxygen atoms in total. The predicted octanol–water partition coefficient (Wildman–Crippen LogP) is 3.68. The van der Waals surface area contributed by atoms with Gasteiger partial charge in [-0.2, -0.15) is 0 Å². The quantitative estimate of drug-likeness (QED) is 0.143. The molecule has 0 unspecified atom stereocenters. The summed E-state index contributed by atoms with van der Waals surface area (Å²) >= 11 is 1.63. The first kappa shape index (κ1) is 32.8. The predicted molar refractivity (Wildman–Crippen MR) is 165 cm³/mol. The maximum absolute atomic E-state index is 12.6. The molecule has 1 aliphatic rings. The van der Waals surface area contributed by atoms with Gasteiger partial charge in [0.15, 0.2) is 6.29 Å².